The molecule has 4 rings (SSSR count). The molecule has 2 heterocycles. The highest BCUT2D eigenvalue weighted by Gasteiger charge is 2.53. The van der Waals surface area contributed by atoms with Gasteiger partial charge in [0.1, 0.15) is 5.60 Å². The number of rotatable bonds is 3. The molecule has 0 atom stereocenters. The standard InChI is InChI=1S/C24H32ClN3O6S/c1-23(2,3)34-22(31)26-11-6-12-27(14-13-26)35(32,33)17-7-8-19(18(25)15-17)28-20(29)16-24(21(28)30)9-4-5-10-24/h7-8,15H,4-6,9-14,16H2,1-3H3. The normalized spacial score (nSPS) is 21.6. The van der Waals surface area contributed by atoms with Crippen molar-refractivity contribution in [2.24, 2.45) is 5.41 Å². The van der Waals surface area contributed by atoms with Gasteiger partial charge in [-0.25, -0.2) is 18.1 Å². The van der Waals surface area contributed by atoms with Gasteiger partial charge in [-0.2, -0.15) is 4.31 Å². The van der Waals surface area contributed by atoms with E-state index >= 15 is 0 Å². The van der Waals surface area contributed by atoms with E-state index in [0.29, 0.717) is 25.8 Å². The number of halogens is 1. The van der Waals surface area contributed by atoms with E-state index < -0.39 is 27.1 Å². The number of ether oxygens (including phenoxy) is 1. The van der Waals surface area contributed by atoms with E-state index in [-0.39, 0.29) is 53.5 Å². The lowest BCUT2D eigenvalue weighted by atomic mass is 9.84. The molecule has 3 aliphatic rings. The number of amides is 3. The van der Waals surface area contributed by atoms with Gasteiger partial charge in [-0.1, -0.05) is 24.4 Å². The molecule has 1 aromatic rings. The molecule has 192 valence electrons. The van der Waals surface area contributed by atoms with Crippen LogP contribution in [0.25, 0.3) is 0 Å². The quantitative estimate of drug-likeness (QED) is 0.556. The maximum Gasteiger partial charge on any atom is 0.410 e. The van der Waals surface area contributed by atoms with E-state index in [1.807, 2.05) is 0 Å². The average molecular weight is 526 g/mol. The number of nitrogens with zero attached hydrogens (tertiary/aromatic N) is 3. The first-order chi connectivity index (χ1) is 16.3. The van der Waals surface area contributed by atoms with Crippen LogP contribution in [0.15, 0.2) is 23.1 Å². The van der Waals surface area contributed by atoms with Crippen LogP contribution in [0.4, 0.5) is 10.5 Å². The van der Waals surface area contributed by atoms with E-state index in [9.17, 15) is 22.8 Å². The number of carbonyl (C=O) groups excluding carboxylic acids is 3. The summed E-state index contributed by atoms with van der Waals surface area (Å²) in [5.74, 6) is -0.545. The van der Waals surface area contributed by atoms with Gasteiger partial charge in [0.05, 0.1) is 21.0 Å². The van der Waals surface area contributed by atoms with Crippen molar-refractivity contribution in [1.29, 1.82) is 0 Å². The Morgan fingerprint density at radius 3 is 2.34 bits per heavy atom. The summed E-state index contributed by atoms with van der Waals surface area (Å²) in [5.41, 5.74) is -1.06. The maximum atomic E-state index is 13.3. The van der Waals surface area contributed by atoms with Crippen LogP contribution in [0.1, 0.15) is 59.3 Å². The Bertz CT molecular complexity index is 1140. The largest absolute Gasteiger partial charge is 0.444 e. The predicted molar refractivity (Wildman–Crippen MR) is 131 cm³/mol. The molecule has 0 radical (unpaired) electrons. The van der Waals surface area contributed by atoms with Crippen LogP contribution >= 0.6 is 11.6 Å². The van der Waals surface area contributed by atoms with Crippen molar-refractivity contribution in [2.45, 2.75) is 69.8 Å². The molecule has 2 saturated heterocycles. The lowest BCUT2D eigenvalue weighted by molar-refractivity contribution is -0.125. The highest BCUT2D eigenvalue weighted by molar-refractivity contribution is 7.89. The minimum absolute atomic E-state index is 0.0216. The molecular formula is C24H32ClN3O6S. The zero-order chi connectivity index (χ0) is 25.6. The number of benzene rings is 1. The van der Waals surface area contributed by atoms with E-state index in [0.717, 1.165) is 17.7 Å². The Balaban J connectivity index is 1.50. The Morgan fingerprint density at radius 2 is 1.71 bits per heavy atom. The first-order valence-corrected chi connectivity index (χ1v) is 13.8. The van der Waals surface area contributed by atoms with E-state index in [1.54, 1.807) is 20.8 Å². The third-order valence-electron chi connectivity index (χ3n) is 6.86. The van der Waals surface area contributed by atoms with Gasteiger partial charge in [0.15, 0.2) is 0 Å². The fraction of sp³-hybridized carbons (Fsp3) is 0.625. The number of sulfonamides is 1. The summed E-state index contributed by atoms with van der Waals surface area (Å²) >= 11 is 6.44. The van der Waals surface area contributed by atoms with Gasteiger partial charge in [-0.3, -0.25) is 9.59 Å². The summed E-state index contributed by atoms with van der Waals surface area (Å²) in [6.07, 6.45) is 3.37. The van der Waals surface area contributed by atoms with Crippen molar-refractivity contribution >= 4 is 45.2 Å². The molecule has 0 aromatic heterocycles. The topological polar surface area (TPSA) is 104 Å². The maximum absolute atomic E-state index is 13.3. The molecule has 1 saturated carbocycles. The van der Waals surface area contributed by atoms with Crippen molar-refractivity contribution in [3.05, 3.63) is 23.2 Å². The van der Waals surface area contributed by atoms with Crippen LogP contribution in [0.2, 0.25) is 5.02 Å². The summed E-state index contributed by atoms with van der Waals surface area (Å²) in [4.78, 5) is 40.8. The minimum atomic E-state index is -3.90. The van der Waals surface area contributed by atoms with E-state index in [1.165, 1.54) is 27.4 Å². The molecule has 3 amide bonds. The highest BCUT2D eigenvalue weighted by atomic mass is 35.5. The average Bonchev–Trinajstić information content (AvgIpc) is 3.20. The minimum Gasteiger partial charge on any atom is -0.444 e. The van der Waals surface area contributed by atoms with Crippen LogP contribution in [-0.4, -0.2) is 67.3 Å². The fourth-order valence-corrected chi connectivity index (χ4v) is 6.93. The first-order valence-electron chi connectivity index (χ1n) is 12.0. The number of anilines is 1. The van der Waals surface area contributed by atoms with Crippen LogP contribution in [0.5, 0.6) is 0 Å². The van der Waals surface area contributed by atoms with Gasteiger partial charge in [0.25, 0.3) is 0 Å². The SMILES string of the molecule is CC(C)(C)OC(=O)N1CCCN(S(=O)(=O)c2ccc(N3C(=O)CC4(CCCC4)C3=O)c(Cl)c2)CC1. The third kappa shape index (κ3) is 5.06. The lowest BCUT2D eigenvalue weighted by Crippen LogP contribution is -2.40. The number of imide groups is 1. The van der Waals surface area contributed by atoms with Crippen LogP contribution < -0.4 is 4.90 Å². The first kappa shape index (κ1) is 25.9. The molecule has 1 aromatic carbocycles. The zero-order valence-electron chi connectivity index (χ0n) is 20.4. The number of hydrogen-bond acceptors (Lipinski definition) is 6. The van der Waals surface area contributed by atoms with Crippen molar-refractivity contribution in [1.82, 2.24) is 9.21 Å². The van der Waals surface area contributed by atoms with Crippen molar-refractivity contribution in [3.63, 3.8) is 0 Å². The molecular weight excluding hydrogens is 494 g/mol. The molecule has 11 heteroatoms. The van der Waals surface area contributed by atoms with Gasteiger partial charge >= 0.3 is 6.09 Å². The number of carbonyl (C=O) groups is 3. The zero-order valence-corrected chi connectivity index (χ0v) is 22.0. The van der Waals surface area contributed by atoms with Gasteiger partial charge in [-0.05, 0) is 58.2 Å². The van der Waals surface area contributed by atoms with Crippen LogP contribution in [0.3, 0.4) is 0 Å². The van der Waals surface area contributed by atoms with Gasteiger partial charge in [0.2, 0.25) is 21.8 Å². The molecule has 9 nitrogen and oxygen atoms in total. The Kier molecular flexibility index (Phi) is 6.93. The molecule has 1 aliphatic carbocycles. The van der Waals surface area contributed by atoms with Crippen molar-refractivity contribution in [3.8, 4) is 0 Å². The van der Waals surface area contributed by atoms with Gasteiger partial charge < -0.3 is 9.64 Å². The summed E-state index contributed by atoms with van der Waals surface area (Å²) in [7, 11) is -3.90. The molecule has 35 heavy (non-hydrogen) atoms. The predicted octanol–water partition coefficient (Wildman–Crippen LogP) is 3.80. The molecule has 0 unspecified atom stereocenters. The summed E-state index contributed by atoms with van der Waals surface area (Å²) in [6, 6.07) is 4.11. The Labute approximate surface area is 211 Å². The van der Waals surface area contributed by atoms with Gasteiger partial charge in [0, 0.05) is 32.6 Å². The molecule has 2 aliphatic heterocycles. The Hall–Kier alpha value is -2.17. The summed E-state index contributed by atoms with van der Waals surface area (Å²) < 4.78 is 33.4. The van der Waals surface area contributed by atoms with Crippen LogP contribution in [0, 0.1) is 5.41 Å². The second kappa shape index (κ2) is 9.37. The lowest BCUT2D eigenvalue weighted by Gasteiger charge is -2.26. The monoisotopic (exact) mass is 525 g/mol. The molecule has 0 N–H and O–H groups in total. The number of hydrogen-bond donors (Lipinski definition) is 0. The summed E-state index contributed by atoms with van der Waals surface area (Å²) in [5, 5.41) is 0.0352. The van der Waals surface area contributed by atoms with Crippen LogP contribution in [-0.2, 0) is 24.3 Å². The van der Waals surface area contributed by atoms with Crippen molar-refractivity contribution < 1.29 is 27.5 Å². The second-order valence-electron chi connectivity index (χ2n) is 10.5. The highest BCUT2D eigenvalue weighted by Crippen LogP contribution is 2.49. The molecule has 3 fully saturated rings. The third-order valence-corrected chi connectivity index (χ3v) is 9.06. The fourth-order valence-electron chi connectivity index (χ4n) is 5.10. The van der Waals surface area contributed by atoms with Crippen molar-refractivity contribution in [2.75, 3.05) is 31.1 Å². The molecule has 0 bridgehead atoms. The van der Waals surface area contributed by atoms with Gasteiger partial charge in [-0.15, -0.1) is 0 Å². The van der Waals surface area contributed by atoms with E-state index in [2.05, 4.69) is 0 Å². The Morgan fingerprint density at radius 1 is 1.03 bits per heavy atom. The molecule has 1 spiro atoms. The smallest absolute Gasteiger partial charge is 0.410 e. The second-order valence-corrected chi connectivity index (χ2v) is 12.9. The summed E-state index contributed by atoms with van der Waals surface area (Å²) in [6.45, 7) is 6.30. The van der Waals surface area contributed by atoms with E-state index in [4.69, 9.17) is 16.3 Å².